The zero-order valence-corrected chi connectivity index (χ0v) is 19.2. The van der Waals surface area contributed by atoms with Gasteiger partial charge in [-0.15, -0.1) is 0 Å². The Labute approximate surface area is 184 Å². The van der Waals surface area contributed by atoms with Gasteiger partial charge in [0.2, 0.25) is 5.78 Å². The Bertz CT molecular complexity index is 888. The zero-order chi connectivity index (χ0) is 22.8. The summed E-state index contributed by atoms with van der Waals surface area (Å²) in [5.41, 5.74) is -1.61. The number of hydrogen-bond acceptors (Lipinski definition) is 6. The fourth-order valence-corrected chi connectivity index (χ4v) is 7.40. The van der Waals surface area contributed by atoms with Crippen LogP contribution in [0.4, 0.5) is 0 Å². The lowest BCUT2D eigenvalue weighted by Crippen LogP contribution is -2.61. The summed E-state index contributed by atoms with van der Waals surface area (Å²) in [5.74, 6) is -0.514. The van der Waals surface area contributed by atoms with E-state index in [2.05, 4.69) is 6.92 Å². The first-order valence-corrected chi connectivity index (χ1v) is 11.6. The molecule has 6 heteroatoms. The van der Waals surface area contributed by atoms with Crippen molar-refractivity contribution in [2.24, 2.45) is 22.7 Å². The fourth-order valence-electron chi connectivity index (χ4n) is 7.40. The summed E-state index contributed by atoms with van der Waals surface area (Å²) in [4.78, 5) is 36.0. The van der Waals surface area contributed by atoms with Gasteiger partial charge in [0.05, 0.1) is 6.10 Å². The van der Waals surface area contributed by atoms with E-state index in [0.717, 1.165) is 24.8 Å². The first kappa shape index (κ1) is 22.4. The standard InChI is InChI=1S/C23H28O6.C2H6/c1-13(24)28-12-18(26)22(27)9-7-16-17-5-4-14-10-15(25)6-8-20(14,2)23(17)19(29-23)11-21(16,22)3;1-2/h6,8,10,16-17,19,27H,4-5,7,9,11-12H2,1-3H3;1-2H3/t16?,17?,19-,20-,21-,22-,23+;/m0./s1. The van der Waals surface area contributed by atoms with Gasteiger partial charge in [-0.25, -0.2) is 0 Å². The number of esters is 1. The smallest absolute Gasteiger partial charge is 0.303 e. The molecule has 5 rings (SSSR count). The first-order chi connectivity index (χ1) is 14.6. The summed E-state index contributed by atoms with van der Waals surface area (Å²) >= 11 is 0. The van der Waals surface area contributed by atoms with E-state index >= 15 is 0 Å². The van der Waals surface area contributed by atoms with Crippen LogP contribution in [0.2, 0.25) is 0 Å². The van der Waals surface area contributed by atoms with E-state index in [9.17, 15) is 19.5 Å². The molecule has 0 bridgehead atoms. The van der Waals surface area contributed by atoms with Crippen molar-refractivity contribution in [1.82, 2.24) is 0 Å². The molecule has 4 aliphatic carbocycles. The minimum absolute atomic E-state index is 0.0384. The maximum absolute atomic E-state index is 12.9. The van der Waals surface area contributed by atoms with Crippen molar-refractivity contribution in [3.63, 3.8) is 0 Å². The van der Waals surface area contributed by atoms with E-state index in [-0.39, 0.29) is 41.3 Å². The lowest BCUT2D eigenvalue weighted by atomic mass is 9.47. The third-order valence-corrected chi connectivity index (χ3v) is 8.95. The number of rotatable bonds is 3. The van der Waals surface area contributed by atoms with Gasteiger partial charge in [0, 0.05) is 17.8 Å². The van der Waals surface area contributed by atoms with Crippen LogP contribution in [0.1, 0.15) is 66.7 Å². The van der Waals surface area contributed by atoms with Crippen molar-refractivity contribution >= 4 is 17.5 Å². The topological polar surface area (TPSA) is 93.2 Å². The summed E-state index contributed by atoms with van der Waals surface area (Å²) in [6, 6.07) is 0. The minimum Gasteiger partial charge on any atom is -0.458 e. The van der Waals surface area contributed by atoms with Gasteiger partial charge in [-0.2, -0.15) is 0 Å². The first-order valence-electron chi connectivity index (χ1n) is 11.6. The van der Waals surface area contributed by atoms with Crippen molar-refractivity contribution in [3.05, 3.63) is 23.8 Å². The van der Waals surface area contributed by atoms with Crippen LogP contribution in [0.3, 0.4) is 0 Å². The van der Waals surface area contributed by atoms with Gasteiger partial charge in [0.25, 0.3) is 0 Å². The molecule has 2 unspecified atom stereocenters. The number of epoxide rings is 1. The van der Waals surface area contributed by atoms with E-state index in [1.165, 1.54) is 6.92 Å². The molecule has 1 spiro atoms. The summed E-state index contributed by atoms with van der Waals surface area (Å²) < 4.78 is 11.4. The van der Waals surface area contributed by atoms with Crippen LogP contribution in [0, 0.1) is 22.7 Å². The highest BCUT2D eigenvalue weighted by atomic mass is 16.6. The highest BCUT2D eigenvalue weighted by Crippen LogP contribution is 2.75. The molecule has 1 heterocycles. The fraction of sp³-hybridized carbons (Fsp3) is 0.720. The van der Waals surface area contributed by atoms with Crippen molar-refractivity contribution in [2.45, 2.75) is 84.0 Å². The van der Waals surface area contributed by atoms with Crippen LogP contribution in [0.15, 0.2) is 23.8 Å². The van der Waals surface area contributed by atoms with Crippen molar-refractivity contribution in [2.75, 3.05) is 6.61 Å². The van der Waals surface area contributed by atoms with E-state index in [0.29, 0.717) is 12.8 Å². The predicted molar refractivity (Wildman–Crippen MR) is 114 cm³/mol. The Morgan fingerprint density at radius 1 is 1.23 bits per heavy atom. The Morgan fingerprint density at radius 3 is 2.61 bits per heavy atom. The van der Waals surface area contributed by atoms with Gasteiger partial charge in [0.1, 0.15) is 11.2 Å². The number of ketones is 2. The number of allylic oxidation sites excluding steroid dienone is 2. The van der Waals surface area contributed by atoms with Gasteiger partial charge < -0.3 is 14.6 Å². The Hall–Kier alpha value is -1.79. The summed E-state index contributed by atoms with van der Waals surface area (Å²) in [6.07, 6.45) is 8.86. The SMILES string of the molecule is CC.CC(=O)OCC(=O)[C@@]1(O)CCC2C3CCC4=CC(=O)C=C[C@]4(C)[C@@]34O[C@H]4C[C@@]21C. The van der Waals surface area contributed by atoms with Crippen LogP contribution in [0.25, 0.3) is 0 Å². The number of fused-ring (bicyclic) bond motifs is 3. The molecular weight excluding hydrogens is 396 g/mol. The number of carbonyl (C=O) groups is 3. The van der Waals surface area contributed by atoms with Crippen LogP contribution < -0.4 is 0 Å². The molecule has 0 aromatic heterocycles. The van der Waals surface area contributed by atoms with Crippen LogP contribution >= 0.6 is 0 Å². The monoisotopic (exact) mass is 430 g/mol. The minimum atomic E-state index is -1.50. The quantitative estimate of drug-likeness (QED) is 0.545. The normalized spacial score (nSPS) is 46.3. The van der Waals surface area contributed by atoms with Gasteiger partial charge in [-0.1, -0.05) is 32.4 Å². The second kappa shape index (κ2) is 7.11. The molecule has 1 saturated heterocycles. The van der Waals surface area contributed by atoms with Crippen molar-refractivity contribution < 1.29 is 29.0 Å². The van der Waals surface area contributed by atoms with Gasteiger partial charge >= 0.3 is 5.97 Å². The molecule has 0 aromatic rings. The van der Waals surface area contributed by atoms with Gasteiger partial charge in [-0.05, 0) is 63.0 Å². The number of aliphatic hydroxyl groups is 1. The maximum atomic E-state index is 12.9. The highest BCUT2D eigenvalue weighted by molar-refractivity contribution is 6.01. The average Bonchev–Trinajstić information content (AvgIpc) is 3.39. The lowest BCUT2D eigenvalue weighted by molar-refractivity contribution is -0.165. The average molecular weight is 431 g/mol. The Balaban J connectivity index is 0.00000112. The zero-order valence-electron chi connectivity index (χ0n) is 19.2. The van der Waals surface area contributed by atoms with Gasteiger partial charge in [-0.3, -0.25) is 14.4 Å². The maximum Gasteiger partial charge on any atom is 0.303 e. The molecule has 4 fully saturated rings. The molecule has 0 amide bonds. The number of ether oxygens (including phenoxy) is 2. The highest BCUT2D eigenvalue weighted by Gasteiger charge is 2.81. The van der Waals surface area contributed by atoms with Crippen LogP contribution in [-0.4, -0.2) is 46.6 Å². The van der Waals surface area contributed by atoms with Crippen LogP contribution in [0.5, 0.6) is 0 Å². The Morgan fingerprint density at radius 2 is 1.94 bits per heavy atom. The Kier molecular flexibility index (Phi) is 5.14. The van der Waals surface area contributed by atoms with E-state index in [4.69, 9.17) is 9.47 Å². The predicted octanol–water partition coefficient (Wildman–Crippen LogP) is 3.32. The van der Waals surface area contributed by atoms with E-state index < -0.39 is 22.8 Å². The summed E-state index contributed by atoms with van der Waals surface area (Å²) in [6.45, 7) is 9.06. The molecule has 0 radical (unpaired) electrons. The largest absolute Gasteiger partial charge is 0.458 e. The molecule has 170 valence electrons. The van der Waals surface area contributed by atoms with Crippen molar-refractivity contribution in [3.8, 4) is 0 Å². The third-order valence-electron chi connectivity index (χ3n) is 8.95. The third kappa shape index (κ3) is 2.73. The second-order valence-electron chi connectivity index (χ2n) is 9.98. The number of carbonyl (C=O) groups excluding carboxylic acids is 3. The van der Waals surface area contributed by atoms with Crippen LogP contribution in [-0.2, 0) is 23.9 Å². The molecule has 0 aromatic carbocycles. The number of Topliss-reactive ketones (excluding diaryl/α,β-unsaturated/α-hetero) is 1. The molecule has 1 N–H and O–H groups in total. The molecule has 5 aliphatic rings. The molecule has 1 aliphatic heterocycles. The molecule has 7 atom stereocenters. The molecule has 31 heavy (non-hydrogen) atoms. The summed E-state index contributed by atoms with van der Waals surface area (Å²) in [5, 5.41) is 11.5. The lowest BCUT2D eigenvalue weighted by Gasteiger charge is -2.55. The van der Waals surface area contributed by atoms with Crippen molar-refractivity contribution in [1.29, 1.82) is 0 Å². The summed E-state index contributed by atoms with van der Waals surface area (Å²) in [7, 11) is 0. The van der Waals surface area contributed by atoms with E-state index in [1.54, 1.807) is 12.2 Å². The molecule has 3 saturated carbocycles. The van der Waals surface area contributed by atoms with Gasteiger partial charge in [0.15, 0.2) is 12.4 Å². The number of hydrogen-bond donors (Lipinski definition) is 1. The molecule has 6 nitrogen and oxygen atoms in total. The second-order valence-corrected chi connectivity index (χ2v) is 9.98. The molecular formula is C25H34O6. The van der Waals surface area contributed by atoms with E-state index in [1.807, 2.05) is 26.8 Å².